The van der Waals surface area contributed by atoms with E-state index in [2.05, 4.69) is 20.9 Å². The molecule has 4 N–H and O–H groups in total. The summed E-state index contributed by atoms with van der Waals surface area (Å²) in [5, 5.41) is 19.8. The highest BCUT2D eigenvalue weighted by Crippen LogP contribution is 2.29. The molecule has 4 amide bonds. The monoisotopic (exact) mass is 577 g/mol. The Hall–Kier alpha value is -4.38. The van der Waals surface area contributed by atoms with Gasteiger partial charge in [-0.3, -0.25) is 14.4 Å². The number of thiophene rings is 1. The standard InChI is InChI=1S/C30H35N5O5S/c1-3-12-31-30(40)33-24-18-22(28(38)32-23(19-27(36)37)21-8-6-20(2)7-9-21)10-11-25(24)34-13-15-35(16-14-34)29(39)26-5-4-17-41-26/h4-11,17-18,23H,3,12-16,19H2,1-2H3,(H,32,38)(H,36,37)(H2,31,33,40). The molecule has 0 saturated carbocycles. The van der Waals surface area contributed by atoms with E-state index in [1.165, 1.54) is 11.3 Å². The van der Waals surface area contributed by atoms with Crippen LogP contribution in [-0.2, 0) is 4.79 Å². The summed E-state index contributed by atoms with van der Waals surface area (Å²) in [5.41, 5.74) is 3.19. The Labute approximate surface area is 243 Å². The lowest BCUT2D eigenvalue weighted by Crippen LogP contribution is -2.49. The van der Waals surface area contributed by atoms with Crippen molar-refractivity contribution in [1.29, 1.82) is 0 Å². The molecular formula is C30H35N5O5S. The Kier molecular flexibility index (Phi) is 9.96. The molecule has 10 nitrogen and oxygen atoms in total. The van der Waals surface area contributed by atoms with E-state index < -0.39 is 17.9 Å². The fourth-order valence-electron chi connectivity index (χ4n) is 4.63. The molecule has 1 fully saturated rings. The quantitative estimate of drug-likeness (QED) is 0.281. The van der Waals surface area contributed by atoms with Gasteiger partial charge in [-0.05, 0) is 48.6 Å². The zero-order valence-corrected chi connectivity index (χ0v) is 24.0. The van der Waals surface area contributed by atoms with Crippen LogP contribution in [0.3, 0.4) is 0 Å². The summed E-state index contributed by atoms with van der Waals surface area (Å²) in [6.07, 6.45) is 0.499. The summed E-state index contributed by atoms with van der Waals surface area (Å²) in [7, 11) is 0. The minimum absolute atomic E-state index is 0.00783. The van der Waals surface area contributed by atoms with Crippen molar-refractivity contribution in [2.45, 2.75) is 32.7 Å². The van der Waals surface area contributed by atoms with Gasteiger partial charge >= 0.3 is 12.0 Å². The molecule has 4 rings (SSSR count). The average molecular weight is 578 g/mol. The number of carboxylic acid groups (broad SMARTS) is 1. The molecule has 11 heteroatoms. The maximum Gasteiger partial charge on any atom is 0.319 e. The average Bonchev–Trinajstić information content (AvgIpc) is 3.51. The van der Waals surface area contributed by atoms with E-state index in [0.717, 1.165) is 17.7 Å². The molecule has 1 unspecified atom stereocenters. The number of aryl methyl sites for hydroxylation is 1. The van der Waals surface area contributed by atoms with Crippen LogP contribution in [0, 0.1) is 6.92 Å². The normalized spacial score (nSPS) is 13.8. The van der Waals surface area contributed by atoms with Gasteiger partial charge in [0.25, 0.3) is 11.8 Å². The molecule has 1 saturated heterocycles. The van der Waals surface area contributed by atoms with Gasteiger partial charge in [-0.1, -0.05) is 42.8 Å². The number of amides is 4. The zero-order valence-electron chi connectivity index (χ0n) is 23.2. The molecule has 1 aliphatic heterocycles. The molecule has 1 aliphatic rings. The molecule has 216 valence electrons. The summed E-state index contributed by atoms with van der Waals surface area (Å²) in [5.74, 6) is -1.47. The topological polar surface area (TPSA) is 131 Å². The lowest BCUT2D eigenvalue weighted by molar-refractivity contribution is -0.137. The second-order valence-electron chi connectivity index (χ2n) is 9.90. The minimum atomic E-state index is -1.03. The third-order valence-corrected chi connectivity index (χ3v) is 7.70. The summed E-state index contributed by atoms with van der Waals surface area (Å²) < 4.78 is 0. The maximum atomic E-state index is 13.3. The smallest absolute Gasteiger partial charge is 0.319 e. The summed E-state index contributed by atoms with van der Waals surface area (Å²) in [6, 6.07) is 15.0. The highest BCUT2D eigenvalue weighted by molar-refractivity contribution is 7.12. The second-order valence-corrected chi connectivity index (χ2v) is 10.9. The Balaban J connectivity index is 1.53. The second kappa shape index (κ2) is 13.8. The molecule has 0 aliphatic carbocycles. The minimum Gasteiger partial charge on any atom is -0.481 e. The van der Waals surface area contributed by atoms with E-state index >= 15 is 0 Å². The molecule has 1 aromatic heterocycles. The van der Waals surface area contributed by atoms with Crippen molar-refractivity contribution in [2.24, 2.45) is 0 Å². The van der Waals surface area contributed by atoms with Crippen LogP contribution in [0.15, 0.2) is 60.0 Å². The maximum absolute atomic E-state index is 13.3. The number of anilines is 2. The third kappa shape index (κ3) is 7.85. The van der Waals surface area contributed by atoms with E-state index in [4.69, 9.17) is 0 Å². The fraction of sp³-hybridized carbons (Fsp3) is 0.333. The van der Waals surface area contributed by atoms with Crippen LogP contribution >= 0.6 is 11.3 Å². The zero-order chi connectivity index (χ0) is 29.4. The molecular weight excluding hydrogens is 542 g/mol. The van der Waals surface area contributed by atoms with Crippen molar-refractivity contribution in [3.63, 3.8) is 0 Å². The lowest BCUT2D eigenvalue weighted by atomic mass is 10.0. The van der Waals surface area contributed by atoms with E-state index in [9.17, 15) is 24.3 Å². The van der Waals surface area contributed by atoms with Gasteiger partial charge in [0.1, 0.15) is 0 Å². The SMILES string of the molecule is CCCNC(=O)Nc1cc(C(=O)NC(CC(=O)O)c2ccc(C)cc2)ccc1N1CCN(C(=O)c2cccs2)CC1. The Morgan fingerprint density at radius 3 is 2.37 bits per heavy atom. The molecule has 0 spiro atoms. The number of carbonyl (C=O) groups excluding carboxylic acids is 3. The molecule has 2 aromatic carbocycles. The molecule has 0 bridgehead atoms. The van der Waals surface area contributed by atoms with E-state index in [0.29, 0.717) is 48.9 Å². The van der Waals surface area contributed by atoms with E-state index in [-0.39, 0.29) is 23.9 Å². The molecule has 41 heavy (non-hydrogen) atoms. The van der Waals surface area contributed by atoms with E-state index in [1.807, 2.05) is 48.4 Å². The van der Waals surface area contributed by atoms with Crippen LogP contribution in [0.25, 0.3) is 0 Å². The number of aliphatic carboxylic acids is 1. The predicted octanol–water partition coefficient (Wildman–Crippen LogP) is 4.50. The molecule has 0 radical (unpaired) electrons. The fourth-order valence-corrected chi connectivity index (χ4v) is 5.32. The number of hydrogen-bond donors (Lipinski definition) is 4. The van der Waals surface area contributed by atoms with Gasteiger partial charge in [-0.25, -0.2) is 4.79 Å². The van der Waals surface area contributed by atoms with Crippen LogP contribution in [0.1, 0.15) is 57.0 Å². The Morgan fingerprint density at radius 1 is 1.00 bits per heavy atom. The third-order valence-electron chi connectivity index (χ3n) is 6.85. The highest BCUT2D eigenvalue weighted by Gasteiger charge is 2.26. The Bertz CT molecular complexity index is 1370. The number of rotatable bonds is 10. The van der Waals surface area contributed by atoms with Crippen molar-refractivity contribution in [2.75, 3.05) is 42.9 Å². The van der Waals surface area contributed by atoms with Crippen molar-refractivity contribution >= 4 is 46.5 Å². The van der Waals surface area contributed by atoms with Gasteiger partial charge < -0.3 is 30.9 Å². The molecule has 2 heterocycles. The van der Waals surface area contributed by atoms with Gasteiger partial charge in [-0.2, -0.15) is 0 Å². The number of nitrogens with one attached hydrogen (secondary N) is 3. The number of benzene rings is 2. The Morgan fingerprint density at radius 2 is 1.73 bits per heavy atom. The van der Waals surface area contributed by atoms with Gasteiger partial charge in [0.15, 0.2) is 0 Å². The van der Waals surface area contributed by atoms with Crippen LogP contribution < -0.4 is 20.9 Å². The lowest BCUT2D eigenvalue weighted by Gasteiger charge is -2.37. The molecule has 3 aromatic rings. The van der Waals surface area contributed by atoms with Crippen LogP contribution in [0.2, 0.25) is 0 Å². The first-order valence-electron chi connectivity index (χ1n) is 13.6. The summed E-state index contributed by atoms with van der Waals surface area (Å²) >= 11 is 1.42. The van der Waals surface area contributed by atoms with Crippen molar-refractivity contribution in [1.82, 2.24) is 15.5 Å². The van der Waals surface area contributed by atoms with Gasteiger partial charge in [-0.15, -0.1) is 11.3 Å². The largest absolute Gasteiger partial charge is 0.481 e. The predicted molar refractivity (Wildman–Crippen MR) is 160 cm³/mol. The summed E-state index contributed by atoms with van der Waals surface area (Å²) in [6.45, 7) is 6.54. The summed E-state index contributed by atoms with van der Waals surface area (Å²) in [4.78, 5) is 54.9. The number of piperazine rings is 1. The first kappa shape index (κ1) is 29.6. The van der Waals surface area contributed by atoms with Crippen LogP contribution in [0.4, 0.5) is 16.2 Å². The van der Waals surface area contributed by atoms with Crippen LogP contribution in [-0.4, -0.2) is 66.5 Å². The first-order chi connectivity index (χ1) is 19.7. The number of carbonyl (C=O) groups is 4. The van der Waals surface area contributed by atoms with Crippen molar-refractivity contribution < 1.29 is 24.3 Å². The number of carboxylic acids is 1. The number of urea groups is 1. The van der Waals surface area contributed by atoms with Crippen LogP contribution in [0.5, 0.6) is 0 Å². The first-order valence-corrected chi connectivity index (χ1v) is 14.5. The van der Waals surface area contributed by atoms with Gasteiger partial charge in [0.05, 0.1) is 28.7 Å². The van der Waals surface area contributed by atoms with Gasteiger partial charge in [0, 0.05) is 38.3 Å². The van der Waals surface area contributed by atoms with Gasteiger partial charge in [0.2, 0.25) is 0 Å². The molecule has 1 atom stereocenters. The van der Waals surface area contributed by atoms with E-state index in [1.54, 1.807) is 30.3 Å². The van der Waals surface area contributed by atoms with Crippen molar-refractivity contribution in [3.05, 3.63) is 81.5 Å². The van der Waals surface area contributed by atoms with Crippen molar-refractivity contribution in [3.8, 4) is 0 Å². The highest BCUT2D eigenvalue weighted by atomic mass is 32.1. The number of nitrogens with zero attached hydrogens (tertiary/aromatic N) is 2. The number of hydrogen-bond acceptors (Lipinski definition) is 6.